The fourth-order valence-corrected chi connectivity index (χ4v) is 2.91. The summed E-state index contributed by atoms with van der Waals surface area (Å²) in [6.07, 6.45) is -0.671. The first-order chi connectivity index (χ1) is 13.4. The first-order valence-electron chi connectivity index (χ1n) is 9.34. The van der Waals surface area contributed by atoms with E-state index < -0.39 is 6.10 Å². The van der Waals surface area contributed by atoms with Crippen molar-refractivity contribution in [3.05, 3.63) is 59.7 Å². The number of aliphatic hydroxyl groups is 1. The van der Waals surface area contributed by atoms with Crippen molar-refractivity contribution >= 4 is 5.78 Å². The molecule has 0 saturated carbocycles. The van der Waals surface area contributed by atoms with E-state index in [4.69, 9.17) is 9.47 Å². The molecule has 6 heteroatoms. The highest BCUT2D eigenvalue weighted by Gasteiger charge is 2.15. The second-order valence-corrected chi connectivity index (χ2v) is 6.93. The second-order valence-electron chi connectivity index (χ2n) is 6.93. The van der Waals surface area contributed by atoms with Crippen molar-refractivity contribution in [2.24, 2.45) is 0 Å². The molecule has 0 aliphatic rings. The van der Waals surface area contributed by atoms with Crippen LogP contribution >= 0.6 is 0 Å². The minimum atomic E-state index is -0.671. The summed E-state index contributed by atoms with van der Waals surface area (Å²) < 4.78 is 11.0. The third-order valence-corrected chi connectivity index (χ3v) is 4.53. The van der Waals surface area contributed by atoms with E-state index in [0.29, 0.717) is 30.2 Å². The molecule has 0 bridgehead atoms. The van der Waals surface area contributed by atoms with E-state index in [1.807, 2.05) is 32.3 Å². The molecular weight excluding hydrogens is 356 g/mol. The maximum Gasteiger partial charge on any atom is 0.161 e. The Morgan fingerprint density at radius 1 is 1.11 bits per heavy atom. The molecule has 2 rings (SSSR count). The highest BCUT2D eigenvalue weighted by Crippen LogP contribution is 2.28. The molecule has 2 aromatic rings. The standard InChI is InChI=1S/C22H30N2O4/c1-16(25)18-10-11-21(22(12-18)27-4)28-15-19(26)13-23-14-20(24(2)3)17-8-6-5-7-9-17/h5-12,19-20,23,26H,13-15H2,1-4H3/t19-,20+/m1/s1. The summed E-state index contributed by atoms with van der Waals surface area (Å²) in [7, 11) is 5.60. The van der Waals surface area contributed by atoms with Gasteiger partial charge in [0.05, 0.1) is 7.11 Å². The number of aliphatic hydroxyl groups excluding tert-OH is 1. The molecule has 6 nitrogen and oxygen atoms in total. The van der Waals surface area contributed by atoms with Crippen LogP contribution < -0.4 is 14.8 Å². The molecule has 0 aromatic heterocycles. The minimum Gasteiger partial charge on any atom is -0.493 e. The smallest absolute Gasteiger partial charge is 0.161 e. The number of hydrogen-bond donors (Lipinski definition) is 2. The predicted molar refractivity (Wildman–Crippen MR) is 110 cm³/mol. The van der Waals surface area contributed by atoms with Crippen molar-refractivity contribution in [1.82, 2.24) is 10.2 Å². The lowest BCUT2D eigenvalue weighted by Gasteiger charge is -2.25. The Kier molecular flexibility index (Phi) is 8.44. The summed E-state index contributed by atoms with van der Waals surface area (Å²) in [6.45, 7) is 2.75. The van der Waals surface area contributed by atoms with Gasteiger partial charge >= 0.3 is 0 Å². The summed E-state index contributed by atoms with van der Waals surface area (Å²) in [5, 5.41) is 13.5. The lowest BCUT2D eigenvalue weighted by Crippen LogP contribution is -2.37. The number of carbonyl (C=O) groups is 1. The normalized spacial score (nSPS) is 13.2. The first-order valence-corrected chi connectivity index (χ1v) is 9.34. The molecule has 152 valence electrons. The molecule has 2 N–H and O–H groups in total. The Morgan fingerprint density at radius 2 is 1.82 bits per heavy atom. The Labute approximate surface area is 167 Å². The van der Waals surface area contributed by atoms with Gasteiger partial charge < -0.3 is 24.8 Å². The third kappa shape index (κ3) is 6.34. The van der Waals surface area contributed by atoms with Gasteiger partial charge in [0, 0.05) is 24.7 Å². The van der Waals surface area contributed by atoms with Crippen LogP contribution in [0.5, 0.6) is 11.5 Å². The van der Waals surface area contributed by atoms with Gasteiger partial charge in [0.25, 0.3) is 0 Å². The van der Waals surface area contributed by atoms with Gasteiger partial charge in [-0.15, -0.1) is 0 Å². The van der Waals surface area contributed by atoms with Crippen LogP contribution in [0.1, 0.15) is 28.9 Å². The van der Waals surface area contributed by atoms with Gasteiger partial charge in [-0.2, -0.15) is 0 Å². The monoisotopic (exact) mass is 386 g/mol. The van der Waals surface area contributed by atoms with Gasteiger partial charge in [-0.25, -0.2) is 0 Å². The number of rotatable bonds is 11. The van der Waals surface area contributed by atoms with Crippen LogP contribution in [0.15, 0.2) is 48.5 Å². The number of likely N-dealkylation sites (N-methyl/N-ethyl adjacent to an activating group) is 1. The van der Waals surface area contributed by atoms with Crippen molar-refractivity contribution in [2.45, 2.75) is 19.1 Å². The van der Waals surface area contributed by atoms with Crippen LogP contribution in [-0.2, 0) is 0 Å². The number of nitrogens with one attached hydrogen (secondary N) is 1. The fraction of sp³-hybridized carbons (Fsp3) is 0.409. The lowest BCUT2D eigenvalue weighted by molar-refractivity contribution is 0.100. The van der Waals surface area contributed by atoms with Crippen LogP contribution in [0.25, 0.3) is 0 Å². The number of methoxy groups -OCH3 is 1. The summed E-state index contributed by atoms with van der Waals surface area (Å²) >= 11 is 0. The minimum absolute atomic E-state index is 0.0389. The van der Waals surface area contributed by atoms with Gasteiger partial charge in [0.2, 0.25) is 0 Å². The number of carbonyl (C=O) groups excluding carboxylic acids is 1. The molecule has 0 unspecified atom stereocenters. The van der Waals surface area contributed by atoms with E-state index >= 15 is 0 Å². The predicted octanol–water partition coefficient (Wildman–Crippen LogP) is 2.53. The van der Waals surface area contributed by atoms with E-state index in [1.165, 1.54) is 19.6 Å². The number of ketones is 1. The fourth-order valence-electron chi connectivity index (χ4n) is 2.91. The van der Waals surface area contributed by atoms with Crippen molar-refractivity contribution < 1.29 is 19.4 Å². The molecule has 0 heterocycles. The van der Waals surface area contributed by atoms with Crippen molar-refractivity contribution in [3.8, 4) is 11.5 Å². The van der Waals surface area contributed by atoms with Crippen LogP contribution in [0.2, 0.25) is 0 Å². The topological polar surface area (TPSA) is 71.0 Å². The van der Waals surface area contributed by atoms with E-state index in [0.717, 1.165) is 0 Å². The van der Waals surface area contributed by atoms with E-state index in [9.17, 15) is 9.90 Å². The molecule has 28 heavy (non-hydrogen) atoms. The van der Waals surface area contributed by atoms with Gasteiger partial charge in [0.15, 0.2) is 17.3 Å². The van der Waals surface area contributed by atoms with E-state index in [1.54, 1.807) is 18.2 Å². The Balaban J connectivity index is 1.84. The molecule has 2 aromatic carbocycles. The van der Waals surface area contributed by atoms with Crippen molar-refractivity contribution in [2.75, 3.05) is 40.9 Å². The van der Waals surface area contributed by atoms with Crippen molar-refractivity contribution in [3.63, 3.8) is 0 Å². The van der Waals surface area contributed by atoms with Gasteiger partial charge in [-0.05, 0) is 44.8 Å². The Bertz CT molecular complexity index is 749. The summed E-state index contributed by atoms with van der Waals surface area (Å²) in [4.78, 5) is 13.6. The van der Waals surface area contributed by atoms with E-state index in [-0.39, 0.29) is 18.4 Å². The molecule has 0 amide bonds. The SMILES string of the molecule is COc1cc(C(C)=O)ccc1OC[C@H](O)CNC[C@@H](c1ccccc1)N(C)C. The molecule has 0 fully saturated rings. The molecule has 0 aliphatic heterocycles. The largest absolute Gasteiger partial charge is 0.493 e. The first kappa shape index (κ1) is 21.9. The van der Waals surface area contributed by atoms with Gasteiger partial charge in [-0.1, -0.05) is 30.3 Å². The molecule has 0 saturated heterocycles. The molecule has 0 radical (unpaired) electrons. The molecule has 0 spiro atoms. The van der Waals surface area contributed by atoms with E-state index in [2.05, 4.69) is 22.3 Å². The second kappa shape index (κ2) is 10.8. The van der Waals surface area contributed by atoms with Gasteiger partial charge in [-0.3, -0.25) is 4.79 Å². The zero-order valence-corrected chi connectivity index (χ0v) is 17.0. The van der Waals surface area contributed by atoms with Crippen LogP contribution in [0, 0.1) is 0 Å². The number of benzene rings is 2. The average molecular weight is 386 g/mol. The Morgan fingerprint density at radius 3 is 2.43 bits per heavy atom. The summed E-state index contributed by atoms with van der Waals surface area (Å²) in [6, 6.07) is 15.5. The number of hydrogen-bond acceptors (Lipinski definition) is 6. The summed E-state index contributed by atoms with van der Waals surface area (Å²) in [5.41, 5.74) is 1.78. The zero-order chi connectivity index (χ0) is 20.5. The highest BCUT2D eigenvalue weighted by atomic mass is 16.5. The number of Topliss-reactive ketones (excluding diaryl/α,β-unsaturated/α-hetero) is 1. The zero-order valence-electron chi connectivity index (χ0n) is 17.0. The summed E-state index contributed by atoms with van der Waals surface area (Å²) in [5.74, 6) is 0.939. The van der Waals surface area contributed by atoms with Crippen molar-refractivity contribution in [1.29, 1.82) is 0 Å². The average Bonchev–Trinajstić information content (AvgIpc) is 2.69. The molecular formula is C22H30N2O4. The maximum absolute atomic E-state index is 11.5. The van der Waals surface area contributed by atoms with Crippen LogP contribution in [0.3, 0.4) is 0 Å². The molecule has 0 aliphatic carbocycles. The number of ether oxygens (including phenoxy) is 2. The van der Waals surface area contributed by atoms with Gasteiger partial charge in [0.1, 0.15) is 12.7 Å². The Hall–Kier alpha value is -2.41. The third-order valence-electron chi connectivity index (χ3n) is 4.53. The molecule has 2 atom stereocenters. The quantitative estimate of drug-likeness (QED) is 0.579. The van der Waals surface area contributed by atoms with Crippen LogP contribution in [-0.4, -0.2) is 62.8 Å². The lowest BCUT2D eigenvalue weighted by atomic mass is 10.1. The maximum atomic E-state index is 11.5. The van der Waals surface area contributed by atoms with Crippen LogP contribution in [0.4, 0.5) is 0 Å². The number of nitrogens with zero attached hydrogens (tertiary/aromatic N) is 1. The highest BCUT2D eigenvalue weighted by molar-refractivity contribution is 5.94.